The van der Waals surface area contributed by atoms with Crippen LogP contribution in [0.1, 0.15) is 32.3 Å². The summed E-state index contributed by atoms with van der Waals surface area (Å²) in [6, 6.07) is 4.45. The summed E-state index contributed by atoms with van der Waals surface area (Å²) in [6.07, 6.45) is 2.33. The number of quaternary nitrogens is 1. The smallest absolute Gasteiger partial charge is 0.101 e. The molecule has 0 bridgehead atoms. The highest BCUT2D eigenvalue weighted by Gasteiger charge is 2.22. The zero-order valence-corrected chi connectivity index (χ0v) is 13.5. The molecule has 1 fully saturated rings. The predicted octanol–water partition coefficient (Wildman–Crippen LogP) is 2.00. The Morgan fingerprint density at radius 1 is 1.30 bits per heavy atom. The topological polar surface area (TPSA) is 42.9 Å². The number of rotatable bonds is 4. The first kappa shape index (κ1) is 15.9. The molecule has 2 rings (SSSR count). The van der Waals surface area contributed by atoms with Gasteiger partial charge in [0.2, 0.25) is 0 Å². The Morgan fingerprint density at radius 2 is 1.95 bits per heavy atom. The third-order valence-corrected chi connectivity index (χ3v) is 4.56. The van der Waals surface area contributed by atoms with E-state index in [4.69, 9.17) is 23.2 Å². The van der Waals surface area contributed by atoms with Gasteiger partial charge < -0.3 is 15.3 Å². The summed E-state index contributed by atoms with van der Waals surface area (Å²) in [6.45, 7) is 7.41. The highest BCUT2D eigenvalue weighted by Crippen LogP contribution is 2.28. The molecule has 0 saturated carbocycles. The minimum Gasteiger partial charge on any atom is -0.871 e. The Bertz CT molecular complexity index is 457. The SMILES string of the molecule is CC(C)N1CCC([NH2+]Cc2cc(Cl)cc(Cl)c2[O-])CC1. The van der Waals surface area contributed by atoms with Gasteiger partial charge in [0.25, 0.3) is 0 Å². The number of nitrogens with zero attached hydrogens (tertiary/aromatic N) is 1. The van der Waals surface area contributed by atoms with E-state index in [-0.39, 0.29) is 10.8 Å². The molecule has 1 aliphatic heterocycles. The van der Waals surface area contributed by atoms with Gasteiger partial charge in [-0.15, -0.1) is 0 Å². The number of hydrogen-bond acceptors (Lipinski definition) is 2. The van der Waals surface area contributed by atoms with Crippen molar-refractivity contribution < 1.29 is 10.4 Å². The van der Waals surface area contributed by atoms with Gasteiger partial charge in [-0.1, -0.05) is 29.0 Å². The van der Waals surface area contributed by atoms with Crippen LogP contribution in [-0.4, -0.2) is 30.1 Å². The number of likely N-dealkylation sites (tertiary alicyclic amines) is 1. The normalized spacial score (nSPS) is 17.9. The van der Waals surface area contributed by atoms with Crippen LogP contribution < -0.4 is 10.4 Å². The second-order valence-corrected chi connectivity index (χ2v) is 6.63. The van der Waals surface area contributed by atoms with E-state index in [1.807, 2.05) is 0 Å². The molecule has 112 valence electrons. The highest BCUT2D eigenvalue weighted by atomic mass is 35.5. The van der Waals surface area contributed by atoms with E-state index in [0.717, 1.165) is 13.1 Å². The van der Waals surface area contributed by atoms with E-state index in [1.165, 1.54) is 18.9 Å². The van der Waals surface area contributed by atoms with Crippen LogP contribution in [0.25, 0.3) is 0 Å². The molecule has 2 N–H and O–H groups in total. The van der Waals surface area contributed by atoms with Gasteiger partial charge in [0.1, 0.15) is 6.54 Å². The number of halogens is 2. The summed E-state index contributed by atoms with van der Waals surface area (Å²) in [5, 5.41) is 14.9. The van der Waals surface area contributed by atoms with Gasteiger partial charge in [0, 0.05) is 47.6 Å². The summed E-state index contributed by atoms with van der Waals surface area (Å²) in [7, 11) is 0. The van der Waals surface area contributed by atoms with Gasteiger partial charge in [-0.2, -0.15) is 0 Å². The summed E-state index contributed by atoms with van der Waals surface area (Å²) in [5.41, 5.74) is 0.703. The molecule has 1 saturated heterocycles. The number of piperidine rings is 1. The molecule has 1 aliphatic rings. The average Bonchev–Trinajstić information content (AvgIpc) is 2.41. The Hall–Kier alpha value is -0.480. The van der Waals surface area contributed by atoms with Crippen molar-refractivity contribution in [3.63, 3.8) is 0 Å². The van der Waals surface area contributed by atoms with E-state index >= 15 is 0 Å². The predicted molar refractivity (Wildman–Crippen MR) is 81.3 cm³/mol. The zero-order chi connectivity index (χ0) is 14.7. The van der Waals surface area contributed by atoms with Gasteiger partial charge in [-0.05, 0) is 26.0 Å². The molecular formula is C15H22Cl2N2O. The van der Waals surface area contributed by atoms with Gasteiger partial charge in [-0.25, -0.2) is 0 Å². The monoisotopic (exact) mass is 316 g/mol. The molecule has 20 heavy (non-hydrogen) atoms. The maximum atomic E-state index is 11.9. The summed E-state index contributed by atoms with van der Waals surface area (Å²) < 4.78 is 0. The van der Waals surface area contributed by atoms with Crippen molar-refractivity contribution in [2.24, 2.45) is 0 Å². The molecule has 0 aliphatic carbocycles. The minimum atomic E-state index is -0.0908. The number of benzene rings is 1. The maximum absolute atomic E-state index is 11.9. The number of hydrogen-bond donors (Lipinski definition) is 1. The van der Waals surface area contributed by atoms with Crippen molar-refractivity contribution in [3.05, 3.63) is 27.7 Å². The Balaban J connectivity index is 1.88. The molecule has 1 aromatic rings. The Labute approximate surface area is 130 Å². The van der Waals surface area contributed by atoms with Crippen LogP contribution in [0.5, 0.6) is 5.75 Å². The maximum Gasteiger partial charge on any atom is 0.101 e. The standard InChI is InChI=1S/C15H22Cl2N2O/c1-10(2)19-5-3-13(4-6-19)18-9-11-7-12(16)8-14(17)15(11)20/h7-8,10,13,18,20H,3-6,9H2,1-2H3. The first-order valence-electron chi connectivity index (χ1n) is 7.19. The molecule has 3 nitrogen and oxygen atoms in total. The van der Waals surface area contributed by atoms with Crippen molar-refractivity contribution >= 4 is 23.2 Å². The van der Waals surface area contributed by atoms with Crippen molar-refractivity contribution in [1.29, 1.82) is 0 Å². The van der Waals surface area contributed by atoms with Crippen molar-refractivity contribution in [2.75, 3.05) is 13.1 Å². The molecule has 5 heteroatoms. The lowest BCUT2D eigenvalue weighted by molar-refractivity contribution is -0.707. The molecular weight excluding hydrogens is 295 g/mol. The lowest BCUT2D eigenvalue weighted by Crippen LogP contribution is -2.89. The third-order valence-electron chi connectivity index (χ3n) is 4.06. The number of nitrogens with two attached hydrogens (primary N) is 1. The van der Waals surface area contributed by atoms with E-state index < -0.39 is 0 Å². The second-order valence-electron chi connectivity index (χ2n) is 5.78. The van der Waals surface area contributed by atoms with E-state index in [9.17, 15) is 5.11 Å². The van der Waals surface area contributed by atoms with E-state index in [0.29, 0.717) is 29.2 Å². The molecule has 0 radical (unpaired) electrons. The summed E-state index contributed by atoms with van der Waals surface area (Å²) in [5.74, 6) is -0.0908. The van der Waals surface area contributed by atoms with Crippen LogP contribution in [0.15, 0.2) is 12.1 Å². The summed E-state index contributed by atoms with van der Waals surface area (Å²) in [4.78, 5) is 2.50. The molecule has 0 atom stereocenters. The molecule has 0 aromatic heterocycles. The third kappa shape index (κ3) is 4.01. The second kappa shape index (κ2) is 6.99. The fourth-order valence-corrected chi connectivity index (χ4v) is 3.27. The van der Waals surface area contributed by atoms with Gasteiger partial charge >= 0.3 is 0 Å². The molecule has 0 amide bonds. The van der Waals surface area contributed by atoms with Crippen LogP contribution >= 0.6 is 23.2 Å². The van der Waals surface area contributed by atoms with Crippen molar-refractivity contribution in [2.45, 2.75) is 45.3 Å². The first-order chi connectivity index (χ1) is 9.47. The fraction of sp³-hybridized carbons (Fsp3) is 0.600. The van der Waals surface area contributed by atoms with Crippen molar-refractivity contribution in [3.8, 4) is 5.75 Å². The van der Waals surface area contributed by atoms with Gasteiger partial charge in [0.05, 0.1) is 6.04 Å². The Kier molecular flexibility index (Phi) is 5.56. The summed E-state index contributed by atoms with van der Waals surface area (Å²) >= 11 is 11.8. The quantitative estimate of drug-likeness (QED) is 0.923. The van der Waals surface area contributed by atoms with E-state index in [2.05, 4.69) is 24.1 Å². The van der Waals surface area contributed by atoms with Crippen LogP contribution in [-0.2, 0) is 6.54 Å². The minimum absolute atomic E-state index is 0.0908. The largest absolute Gasteiger partial charge is 0.871 e. The van der Waals surface area contributed by atoms with Crippen LogP contribution in [0.4, 0.5) is 0 Å². The van der Waals surface area contributed by atoms with Crippen LogP contribution in [0, 0.1) is 0 Å². The highest BCUT2D eigenvalue weighted by molar-refractivity contribution is 6.35. The fourth-order valence-electron chi connectivity index (χ4n) is 2.73. The van der Waals surface area contributed by atoms with Crippen molar-refractivity contribution in [1.82, 2.24) is 4.90 Å². The van der Waals surface area contributed by atoms with Crippen LogP contribution in [0.3, 0.4) is 0 Å². The lowest BCUT2D eigenvalue weighted by Gasteiger charge is -2.33. The molecule has 1 aromatic carbocycles. The first-order valence-corrected chi connectivity index (χ1v) is 7.95. The molecule has 0 unspecified atom stereocenters. The zero-order valence-electron chi connectivity index (χ0n) is 12.0. The van der Waals surface area contributed by atoms with Crippen LogP contribution in [0.2, 0.25) is 10.0 Å². The average molecular weight is 317 g/mol. The van der Waals surface area contributed by atoms with E-state index in [1.54, 1.807) is 6.07 Å². The molecule has 0 spiro atoms. The Morgan fingerprint density at radius 3 is 2.55 bits per heavy atom. The molecule has 1 heterocycles. The van der Waals surface area contributed by atoms with Gasteiger partial charge in [-0.3, -0.25) is 0 Å². The van der Waals surface area contributed by atoms with Gasteiger partial charge in [0.15, 0.2) is 0 Å². The lowest BCUT2D eigenvalue weighted by atomic mass is 10.0.